The molecule has 1 fully saturated rings. The van der Waals surface area contributed by atoms with Crippen molar-refractivity contribution in [3.05, 3.63) is 99.7 Å². The van der Waals surface area contributed by atoms with Gasteiger partial charge in [-0.1, -0.05) is 53.5 Å². The van der Waals surface area contributed by atoms with Gasteiger partial charge in [0.25, 0.3) is 0 Å². The van der Waals surface area contributed by atoms with Gasteiger partial charge < -0.3 is 25.0 Å². The van der Waals surface area contributed by atoms with E-state index >= 15 is 0 Å². The Kier molecular flexibility index (Phi) is 11.3. The van der Waals surface area contributed by atoms with Gasteiger partial charge in [-0.3, -0.25) is 14.4 Å². The number of halogens is 2. The first-order valence-corrected chi connectivity index (χ1v) is 18.0. The second-order valence-corrected chi connectivity index (χ2v) is 14.8. The van der Waals surface area contributed by atoms with Crippen molar-refractivity contribution in [3.8, 4) is 0 Å². The Labute approximate surface area is 298 Å². The van der Waals surface area contributed by atoms with E-state index in [1.807, 2.05) is 96.8 Å². The third-order valence-corrected chi connectivity index (χ3v) is 10.4. The van der Waals surface area contributed by atoms with Gasteiger partial charge in [0.1, 0.15) is 6.04 Å². The largest absolute Gasteiger partial charge is 0.361 e. The number of carbonyl (C=O) groups excluding carboxylic acids is 3. The second kappa shape index (κ2) is 15.8. The molecule has 10 heteroatoms. The molecular weight excluding hydrogens is 657 g/mol. The Balaban J connectivity index is 1.12. The highest BCUT2D eigenvalue weighted by Crippen LogP contribution is 2.33. The number of fused-ring (bicyclic) bond motifs is 2. The van der Waals surface area contributed by atoms with Crippen LogP contribution in [0.5, 0.6) is 0 Å². The summed E-state index contributed by atoms with van der Waals surface area (Å²) in [4.78, 5) is 50.3. The number of benzene rings is 3. The zero-order valence-corrected chi connectivity index (χ0v) is 29.8. The number of aromatic nitrogens is 1. The number of rotatable bonds is 11. The molecule has 2 N–H and O–H groups in total. The molecule has 3 amide bonds. The molecule has 3 heterocycles. The van der Waals surface area contributed by atoms with Crippen LogP contribution in [0.2, 0.25) is 10.0 Å². The maximum Gasteiger partial charge on any atom is 0.249 e. The van der Waals surface area contributed by atoms with Crippen LogP contribution < -0.4 is 10.2 Å². The van der Waals surface area contributed by atoms with Gasteiger partial charge in [0, 0.05) is 71.9 Å². The molecule has 0 unspecified atom stereocenters. The van der Waals surface area contributed by atoms with Crippen molar-refractivity contribution in [2.75, 3.05) is 45.2 Å². The lowest BCUT2D eigenvalue weighted by Gasteiger charge is -2.37. The highest BCUT2D eigenvalue weighted by atomic mass is 35.5. The Morgan fingerprint density at radius 2 is 1.69 bits per heavy atom. The number of carbonyl (C=O) groups is 3. The molecule has 1 saturated heterocycles. The van der Waals surface area contributed by atoms with Crippen LogP contribution in [0.25, 0.3) is 10.9 Å². The van der Waals surface area contributed by atoms with Gasteiger partial charge in [0.15, 0.2) is 0 Å². The van der Waals surface area contributed by atoms with E-state index in [0.29, 0.717) is 54.9 Å². The number of amides is 3. The smallest absolute Gasteiger partial charge is 0.249 e. The van der Waals surface area contributed by atoms with Crippen molar-refractivity contribution in [2.45, 2.75) is 51.0 Å². The number of para-hydroxylation sites is 1. The highest BCUT2D eigenvalue weighted by molar-refractivity contribution is 6.31. The van der Waals surface area contributed by atoms with Gasteiger partial charge in [0.05, 0.1) is 6.42 Å². The summed E-state index contributed by atoms with van der Waals surface area (Å²) in [6.45, 7) is 2.78. The van der Waals surface area contributed by atoms with E-state index in [9.17, 15) is 14.4 Å². The molecule has 4 aromatic rings. The lowest BCUT2D eigenvalue weighted by molar-refractivity contribution is -0.132. The first kappa shape index (κ1) is 35.0. The zero-order valence-electron chi connectivity index (χ0n) is 28.3. The summed E-state index contributed by atoms with van der Waals surface area (Å²) in [6, 6.07) is 20.4. The van der Waals surface area contributed by atoms with Crippen LogP contribution in [0.1, 0.15) is 42.4 Å². The Bertz CT molecular complexity index is 1780. The second-order valence-electron chi connectivity index (χ2n) is 13.9. The topological polar surface area (TPSA) is 88.8 Å². The van der Waals surface area contributed by atoms with Crippen molar-refractivity contribution in [1.82, 2.24) is 20.1 Å². The SMILES string of the molecule is CN(C)C[C@@H]1Cc2cc(Cl)ccc2N(C(=O)[C@@H](Cc2c[nH]c3ccccc23)NC(=O)CCC2CCN(C(=O)Cc3ccc(Cl)cc3)CC2)C1. The number of hydrogen-bond donors (Lipinski definition) is 2. The van der Waals surface area contributed by atoms with Gasteiger partial charge in [0.2, 0.25) is 17.7 Å². The molecule has 258 valence electrons. The van der Waals surface area contributed by atoms with Crippen LogP contribution in [-0.2, 0) is 33.6 Å². The quantitative estimate of drug-likeness (QED) is 0.186. The molecule has 1 aromatic heterocycles. The predicted molar refractivity (Wildman–Crippen MR) is 197 cm³/mol. The monoisotopic (exact) mass is 701 g/mol. The van der Waals surface area contributed by atoms with E-state index in [0.717, 1.165) is 65.5 Å². The average Bonchev–Trinajstić information content (AvgIpc) is 3.49. The standard InChI is InChI=1S/C39H45Cl2N5O3/c1-44(2)24-28-19-29-21-32(41)12-13-36(29)46(25-28)39(49)35(22-30-23-42-34-6-4-3-5-33(30)34)43-37(47)14-9-26-15-17-45(18-16-26)38(48)20-27-7-10-31(40)11-8-27/h3-8,10-13,21,23,26,28,35,42H,9,14-20,22,24-25H2,1-2H3,(H,43,47)/t28-,35+/m0/s1. The molecule has 49 heavy (non-hydrogen) atoms. The minimum absolute atomic E-state index is 0.113. The summed E-state index contributed by atoms with van der Waals surface area (Å²) in [5.41, 5.74) is 4.85. The van der Waals surface area contributed by atoms with Crippen LogP contribution >= 0.6 is 23.2 Å². The molecular formula is C39H45Cl2N5O3. The van der Waals surface area contributed by atoms with Gasteiger partial charge >= 0.3 is 0 Å². The van der Waals surface area contributed by atoms with Crippen LogP contribution in [0.3, 0.4) is 0 Å². The van der Waals surface area contributed by atoms with E-state index in [2.05, 4.69) is 15.2 Å². The number of aromatic amines is 1. The third kappa shape index (κ3) is 8.85. The minimum Gasteiger partial charge on any atom is -0.361 e. The number of H-pyrrole nitrogens is 1. The molecule has 0 radical (unpaired) electrons. The van der Waals surface area contributed by atoms with E-state index in [1.54, 1.807) is 0 Å². The number of anilines is 1. The lowest BCUT2D eigenvalue weighted by atomic mass is 9.90. The average molecular weight is 703 g/mol. The van der Waals surface area contributed by atoms with E-state index < -0.39 is 6.04 Å². The molecule has 2 aliphatic rings. The first-order valence-electron chi connectivity index (χ1n) is 17.2. The van der Waals surface area contributed by atoms with Crippen molar-refractivity contribution in [2.24, 2.45) is 11.8 Å². The fraction of sp³-hybridized carbons (Fsp3) is 0.410. The molecule has 2 aliphatic heterocycles. The molecule has 8 nitrogen and oxygen atoms in total. The van der Waals surface area contributed by atoms with Gasteiger partial charge in [-0.05, 0) is 105 Å². The molecule has 0 bridgehead atoms. The fourth-order valence-electron chi connectivity index (χ4n) is 7.43. The molecule has 0 saturated carbocycles. The van der Waals surface area contributed by atoms with Crippen LogP contribution in [0.15, 0.2) is 72.9 Å². The van der Waals surface area contributed by atoms with Crippen LogP contribution in [-0.4, -0.2) is 78.8 Å². The van der Waals surface area contributed by atoms with Gasteiger partial charge in [-0.2, -0.15) is 0 Å². The number of piperidine rings is 1. The predicted octanol–water partition coefficient (Wildman–Crippen LogP) is 6.53. The summed E-state index contributed by atoms with van der Waals surface area (Å²) < 4.78 is 0. The number of nitrogens with zero attached hydrogens (tertiary/aromatic N) is 3. The summed E-state index contributed by atoms with van der Waals surface area (Å²) in [5.74, 6) is 0.458. The summed E-state index contributed by atoms with van der Waals surface area (Å²) in [5, 5.41) is 5.51. The van der Waals surface area contributed by atoms with Gasteiger partial charge in [-0.25, -0.2) is 0 Å². The molecule has 2 atom stereocenters. The normalized spacial score (nSPS) is 17.3. The summed E-state index contributed by atoms with van der Waals surface area (Å²) in [6.07, 6.45) is 6.28. The number of hydrogen-bond acceptors (Lipinski definition) is 4. The van der Waals surface area contributed by atoms with E-state index in [4.69, 9.17) is 23.2 Å². The van der Waals surface area contributed by atoms with E-state index in [1.165, 1.54) is 0 Å². The van der Waals surface area contributed by atoms with Crippen molar-refractivity contribution in [1.29, 1.82) is 0 Å². The Morgan fingerprint density at radius 1 is 0.959 bits per heavy atom. The molecule has 3 aromatic carbocycles. The first-order chi connectivity index (χ1) is 23.6. The minimum atomic E-state index is -0.735. The third-order valence-electron chi connectivity index (χ3n) is 9.92. The lowest BCUT2D eigenvalue weighted by Crippen LogP contribution is -2.53. The number of nitrogens with one attached hydrogen (secondary N) is 2. The van der Waals surface area contributed by atoms with Gasteiger partial charge in [-0.15, -0.1) is 0 Å². The number of likely N-dealkylation sites (tertiary alicyclic amines) is 1. The summed E-state index contributed by atoms with van der Waals surface area (Å²) >= 11 is 12.4. The van der Waals surface area contributed by atoms with E-state index in [-0.39, 0.29) is 23.6 Å². The Hall–Kier alpha value is -3.85. The Morgan fingerprint density at radius 3 is 2.45 bits per heavy atom. The summed E-state index contributed by atoms with van der Waals surface area (Å²) in [7, 11) is 4.09. The maximum atomic E-state index is 14.5. The molecule has 0 aliphatic carbocycles. The zero-order chi connectivity index (χ0) is 34.5. The van der Waals surface area contributed by atoms with Crippen LogP contribution in [0.4, 0.5) is 5.69 Å². The fourth-order valence-corrected chi connectivity index (χ4v) is 7.75. The molecule has 0 spiro atoms. The van der Waals surface area contributed by atoms with Crippen LogP contribution in [0, 0.1) is 11.8 Å². The van der Waals surface area contributed by atoms with Crippen molar-refractivity contribution < 1.29 is 14.4 Å². The van der Waals surface area contributed by atoms with Crippen molar-refractivity contribution in [3.63, 3.8) is 0 Å². The molecule has 6 rings (SSSR count). The maximum absolute atomic E-state index is 14.5. The highest BCUT2D eigenvalue weighted by Gasteiger charge is 2.34. The van der Waals surface area contributed by atoms with Crippen molar-refractivity contribution >= 4 is 57.5 Å².